The number of Topliss-reactive ketones (excluding diaryl/α,β-unsaturated/α-hetero) is 1. The largest absolute Gasteiger partial charge is 0.495 e. The van der Waals surface area contributed by atoms with Crippen molar-refractivity contribution in [3.8, 4) is 28.2 Å². The quantitative estimate of drug-likeness (QED) is 0.245. The average molecular weight is 582 g/mol. The lowest BCUT2D eigenvalue weighted by Gasteiger charge is -2.21. The molecular formula is C29H28ClN3O6S. The van der Waals surface area contributed by atoms with E-state index in [0.29, 0.717) is 44.5 Å². The van der Waals surface area contributed by atoms with E-state index in [1.54, 1.807) is 49.8 Å². The van der Waals surface area contributed by atoms with Crippen LogP contribution in [0.3, 0.4) is 0 Å². The fourth-order valence-corrected chi connectivity index (χ4v) is 5.59. The Balaban J connectivity index is 1.47. The van der Waals surface area contributed by atoms with E-state index in [4.69, 9.17) is 25.5 Å². The summed E-state index contributed by atoms with van der Waals surface area (Å²) in [5.74, 6) is 0.597. The van der Waals surface area contributed by atoms with Gasteiger partial charge in [-0.2, -0.15) is 0 Å². The van der Waals surface area contributed by atoms with Crippen LogP contribution in [-0.2, 0) is 16.0 Å². The molecule has 1 fully saturated rings. The van der Waals surface area contributed by atoms with Crippen molar-refractivity contribution in [3.05, 3.63) is 80.3 Å². The number of thiophene rings is 1. The van der Waals surface area contributed by atoms with Crippen LogP contribution < -0.4 is 15.6 Å². The Hall–Kier alpha value is -3.73. The van der Waals surface area contributed by atoms with Gasteiger partial charge in [-0.25, -0.2) is 4.98 Å². The number of carbonyl (C=O) groups excluding carboxylic acids is 2. The third-order valence-corrected chi connectivity index (χ3v) is 8.00. The summed E-state index contributed by atoms with van der Waals surface area (Å²) in [7, 11) is 3.04. The number of benzene rings is 1. The fourth-order valence-electron chi connectivity index (χ4n) is 4.50. The molecule has 1 saturated carbocycles. The number of hydrogen-bond donors (Lipinski definition) is 1. The van der Waals surface area contributed by atoms with E-state index in [0.717, 1.165) is 17.7 Å². The van der Waals surface area contributed by atoms with Crippen LogP contribution in [-0.4, -0.2) is 48.1 Å². The number of aromatic nitrogens is 2. The molecule has 9 nitrogen and oxygen atoms in total. The molecule has 1 unspecified atom stereocenters. The second-order valence-electron chi connectivity index (χ2n) is 9.51. The number of methoxy groups -OCH3 is 2. The number of nitrogens with zero attached hydrogens (tertiary/aromatic N) is 2. The minimum absolute atomic E-state index is 0.0796. The smallest absolute Gasteiger partial charge is 0.261 e. The summed E-state index contributed by atoms with van der Waals surface area (Å²) in [6.07, 6.45) is 6.81. The number of oxazole rings is 1. The Labute approximate surface area is 239 Å². The molecule has 4 aromatic rings. The molecule has 0 spiro atoms. The summed E-state index contributed by atoms with van der Waals surface area (Å²) in [4.78, 5) is 44.8. The molecule has 1 aromatic carbocycles. The van der Waals surface area contributed by atoms with E-state index in [9.17, 15) is 14.4 Å². The maximum absolute atomic E-state index is 13.6. The van der Waals surface area contributed by atoms with Gasteiger partial charge < -0.3 is 23.8 Å². The van der Waals surface area contributed by atoms with Gasteiger partial charge in [-0.05, 0) is 55.2 Å². The first-order valence-electron chi connectivity index (χ1n) is 12.8. The summed E-state index contributed by atoms with van der Waals surface area (Å²) in [6.45, 7) is 0.274. The van der Waals surface area contributed by atoms with Crippen molar-refractivity contribution < 1.29 is 23.5 Å². The van der Waals surface area contributed by atoms with Crippen LogP contribution in [0, 0.1) is 0 Å². The molecule has 40 heavy (non-hydrogen) atoms. The molecule has 3 heterocycles. The minimum atomic E-state index is -0.797. The zero-order valence-corrected chi connectivity index (χ0v) is 23.6. The first-order chi connectivity index (χ1) is 19.4. The maximum atomic E-state index is 13.6. The normalized spacial score (nSPS) is 13.7. The third kappa shape index (κ3) is 6.19. The monoisotopic (exact) mass is 581 g/mol. The highest BCUT2D eigenvalue weighted by atomic mass is 35.5. The molecule has 3 aromatic heterocycles. The Kier molecular flexibility index (Phi) is 8.49. The lowest BCUT2D eigenvalue weighted by Crippen LogP contribution is -2.31. The van der Waals surface area contributed by atoms with Gasteiger partial charge in [-0.3, -0.25) is 14.4 Å². The molecule has 11 heteroatoms. The van der Waals surface area contributed by atoms with Gasteiger partial charge in [0, 0.05) is 53.3 Å². The average Bonchev–Trinajstić information content (AvgIpc) is 3.37. The Morgan fingerprint density at radius 2 is 2.00 bits per heavy atom. The predicted molar refractivity (Wildman–Crippen MR) is 152 cm³/mol. The van der Waals surface area contributed by atoms with Gasteiger partial charge in [0.1, 0.15) is 5.75 Å². The predicted octanol–water partition coefficient (Wildman–Crippen LogP) is 5.18. The van der Waals surface area contributed by atoms with Crippen LogP contribution in [0.4, 0.5) is 0 Å². The second-order valence-corrected chi connectivity index (χ2v) is 11.1. The molecule has 1 atom stereocenters. The number of pyridine rings is 1. The van der Waals surface area contributed by atoms with Crippen molar-refractivity contribution in [1.82, 2.24) is 14.9 Å². The van der Waals surface area contributed by atoms with E-state index < -0.39 is 6.04 Å². The van der Waals surface area contributed by atoms with E-state index >= 15 is 0 Å². The van der Waals surface area contributed by atoms with Crippen molar-refractivity contribution in [3.63, 3.8) is 0 Å². The number of amides is 1. The molecule has 1 aliphatic carbocycles. The highest BCUT2D eigenvalue weighted by Crippen LogP contribution is 2.38. The van der Waals surface area contributed by atoms with Crippen LogP contribution in [0.1, 0.15) is 39.9 Å². The minimum Gasteiger partial charge on any atom is -0.495 e. The lowest BCUT2D eigenvalue weighted by molar-refractivity contribution is -0.122. The molecule has 1 aliphatic rings. The van der Waals surface area contributed by atoms with Crippen molar-refractivity contribution in [2.45, 2.75) is 37.8 Å². The SMILES string of the molecule is COCCC(C(=O)Cc1ccc(C(=O)NC2CC2)s1)n1cc(OC)c(-c2cc(Cl)ccc2-c2cnco2)cc1=O. The Morgan fingerprint density at radius 1 is 1.18 bits per heavy atom. The topological polar surface area (TPSA) is 113 Å². The number of ether oxygens (including phenoxy) is 2. The Morgan fingerprint density at radius 3 is 2.70 bits per heavy atom. The standard InChI is InChI=1S/C29H28ClN3O6S/c1-37-10-9-23(24(34)12-19-6-8-27(40-19)29(36)32-18-4-5-18)33-15-26(38-2)22(13-28(33)35)21-11-17(30)3-7-20(21)25-14-31-16-39-25/h3,6-8,11,13-16,18,23H,4-5,9-10,12H2,1-2H3,(H,32,36). The molecule has 5 rings (SSSR count). The van der Waals surface area contributed by atoms with Gasteiger partial charge >= 0.3 is 0 Å². The molecule has 0 saturated heterocycles. The molecule has 0 bridgehead atoms. The second kappa shape index (κ2) is 12.2. The Bertz CT molecular complexity index is 1570. The first kappa shape index (κ1) is 27.8. The van der Waals surface area contributed by atoms with Crippen molar-refractivity contribution in [2.75, 3.05) is 20.8 Å². The summed E-state index contributed by atoms with van der Waals surface area (Å²) < 4.78 is 17.8. The number of ketones is 1. The van der Waals surface area contributed by atoms with Gasteiger partial charge in [0.2, 0.25) is 0 Å². The molecule has 1 amide bonds. The zero-order valence-electron chi connectivity index (χ0n) is 22.0. The van der Waals surface area contributed by atoms with Gasteiger partial charge in [0.25, 0.3) is 11.5 Å². The van der Waals surface area contributed by atoms with Gasteiger partial charge in [0.05, 0.1) is 30.4 Å². The van der Waals surface area contributed by atoms with Gasteiger partial charge in [-0.15, -0.1) is 11.3 Å². The summed E-state index contributed by atoms with van der Waals surface area (Å²) >= 11 is 7.60. The lowest BCUT2D eigenvalue weighted by atomic mass is 9.98. The van der Waals surface area contributed by atoms with Gasteiger partial charge in [0.15, 0.2) is 17.9 Å². The highest BCUT2D eigenvalue weighted by Gasteiger charge is 2.27. The van der Waals surface area contributed by atoms with Crippen LogP contribution >= 0.6 is 22.9 Å². The van der Waals surface area contributed by atoms with Crippen molar-refractivity contribution in [1.29, 1.82) is 0 Å². The number of rotatable bonds is 12. The molecular weight excluding hydrogens is 554 g/mol. The first-order valence-corrected chi connectivity index (χ1v) is 14.0. The number of hydrogen-bond acceptors (Lipinski definition) is 8. The van der Waals surface area contributed by atoms with E-state index in [1.165, 1.54) is 35.5 Å². The molecule has 0 aliphatic heterocycles. The van der Waals surface area contributed by atoms with Crippen LogP contribution in [0.15, 0.2) is 64.4 Å². The van der Waals surface area contributed by atoms with Crippen molar-refractivity contribution >= 4 is 34.6 Å². The third-order valence-electron chi connectivity index (χ3n) is 6.68. The van der Waals surface area contributed by atoms with Gasteiger partial charge in [-0.1, -0.05) is 11.6 Å². The van der Waals surface area contributed by atoms with Crippen LogP contribution in [0.5, 0.6) is 5.75 Å². The number of nitrogens with one attached hydrogen (secondary N) is 1. The van der Waals surface area contributed by atoms with Crippen LogP contribution in [0.2, 0.25) is 5.02 Å². The number of carbonyl (C=O) groups is 2. The summed E-state index contributed by atoms with van der Waals surface area (Å²) in [5, 5.41) is 3.43. The van der Waals surface area contributed by atoms with Crippen LogP contribution in [0.25, 0.3) is 22.5 Å². The molecule has 1 N–H and O–H groups in total. The summed E-state index contributed by atoms with van der Waals surface area (Å²) in [6, 6.07) is 9.64. The fraction of sp³-hybridized carbons (Fsp3) is 0.310. The highest BCUT2D eigenvalue weighted by molar-refractivity contribution is 7.14. The zero-order chi connectivity index (χ0) is 28.2. The summed E-state index contributed by atoms with van der Waals surface area (Å²) in [5.41, 5.74) is 1.42. The van der Waals surface area contributed by atoms with E-state index in [2.05, 4.69) is 10.3 Å². The molecule has 0 radical (unpaired) electrons. The van der Waals surface area contributed by atoms with Crippen molar-refractivity contribution in [2.24, 2.45) is 0 Å². The van der Waals surface area contributed by atoms with E-state index in [1.807, 2.05) is 0 Å². The maximum Gasteiger partial charge on any atom is 0.261 e. The molecule has 208 valence electrons. The van der Waals surface area contributed by atoms with E-state index in [-0.39, 0.29) is 36.3 Å². The number of halogens is 1.